The highest BCUT2D eigenvalue weighted by molar-refractivity contribution is 5.37. The van der Waals surface area contributed by atoms with E-state index in [0.717, 1.165) is 0 Å². The van der Waals surface area contributed by atoms with Gasteiger partial charge in [0.1, 0.15) is 0 Å². The quantitative estimate of drug-likeness (QED) is 0.172. The number of nitrogens with two attached hydrogens (primary N) is 1. The number of hydrogen-bond donors (Lipinski definition) is 3. The highest BCUT2D eigenvalue weighted by Gasteiger charge is 1.98. The van der Waals surface area contributed by atoms with Crippen LogP contribution in [0.3, 0.4) is 0 Å². The van der Waals surface area contributed by atoms with E-state index in [2.05, 4.69) is 10.2 Å². The molecule has 0 saturated heterocycles. The van der Waals surface area contributed by atoms with Gasteiger partial charge in [-0.2, -0.15) is 0 Å². The van der Waals surface area contributed by atoms with Crippen LogP contribution in [0.5, 0.6) is 0 Å². The molecule has 0 fully saturated rings. The minimum atomic E-state index is -1.14. The highest BCUT2D eigenvalue weighted by atomic mass is 16.6. The number of ether oxygens (including phenoxy) is 1. The Morgan fingerprint density at radius 3 is 3.00 bits per heavy atom. The number of hydrazine groups is 1. The molecule has 0 amide bonds. The van der Waals surface area contributed by atoms with Gasteiger partial charge in [0.25, 0.3) is 6.47 Å². The molecular formula is C3H8N2O3. The zero-order chi connectivity index (χ0) is 6.41. The summed E-state index contributed by atoms with van der Waals surface area (Å²) in [6.45, 7) is 0.195. The lowest BCUT2D eigenvalue weighted by Gasteiger charge is -2.04. The maximum Gasteiger partial charge on any atom is 0.295 e. The summed E-state index contributed by atoms with van der Waals surface area (Å²) >= 11 is 0. The molecule has 0 aromatic carbocycles. The molecule has 0 saturated carbocycles. The molecule has 0 aromatic heterocycles. The summed E-state index contributed by atoms with van der Waals surface area (Å²) in [6, 6.07) is 0. The largest absolute Gasteiger partial charge is 0.437 e. The van der Waals surface area contributed by atoms with Gasteiger partial charge in [0.05, 0.1) is 6.54 Å². The third-order valence-corrected chi connectivity index (χ3v) is 0.505. The number of nitrogens with one attached hydrogen (secondary N) is 1. The van der Waals surface area contributed by atoms with E-state index in [1.54, 1.807) is 0 Å². The third-order valence-electron chi connectivity index (χ3n) is 0.505. The predicted molar refractivity (Wildman–Crippen MR) is 25.3 cm³/mol. The molecule has 0 aromatic rings. The smallest absolute Gasteiger partial charge is 0.295 e. The van der Waals surface area contributed by atoms with Crippen LogP contribution >= 0.6 is 0 Å². The summed E-state index contributed by atoms with van der Waals surface area (Å²) in [5.74, 6) is 4.75. The first-order valence-electron chi connectivity index (χ1n) is 2.02. The Labute approximate surface area is 46.4 Å². The van der Waals surface area contributed by atoms with Gasteiger partial charge in [0, 0.05) is 0 Å². The van der Waals surface area contributed by atoms with Crippen molar-refractivity contribution in [1.82, 2.24) is 5.43 Å². The zero-order valence-electron chi connectivity index (χ0n) is 4.20. The van der Waals surface area contributed by atoms with Crippen molar-refractivity contribution in [2.45, 2.75) is 6.29 Å². The number of aliphatic hydroxyl groups excluding tert-OH is 1. The van der Waals surface area contributed by atoms with Crippen molar-refractivity contribution in [2.75, 3.05) is 6.54 Å². The van der Waals surface area contributed by atoms with Crippen molar-refractivity contribution >= 4 is 6.47 Å². The van der Waals surface area contributed by atoms with Gasteiger partial charge in [-0.3, -0.25) is 16.1 Å². The van der Waals surface area contributed by atoms with E-state index in [1.807, 2.05) is 0 Å². The van der Waals surface area contributed by atoms with E-state index in [1.165, 1.54) is 0 Å². The SMILES string of the molecule is NNC[C@H](O)OC=O. The van der Waals surface area contributed by atoms with Crippen LogP contribution in [0.2, 0.25) is 0 Å². The van der Waals surface area contributed by atoms with Gasteiger partial charge in [-0.25, -0.2) is 0 Å². The van der Waals surface area contributed by atoms with Gasteiger partial charge in [-0.05, 0) is 0 Å². The van der Waals surface area contributed by atoms with Gasteiger partial charge in [0.2, 0.25) is 6.29 Å². The van der Waals surface area contributed by atoms with Crippen LogP contribution in [0.25, 0.3) is 0 Å². The first-order valence-corrected chi connectivity index (χ1v) is 2.02. The summed E-state index contributed by atoms with van der Waals surface area (Å²) in [5.41, 5.74) is 2.12. The van der Waals surface area contributed by atoms with Crippen molar-refractivity contribution in [2.24, 2.45) is 5.84 Å². The van der Waals surface area contributed by atoms with Crippen molar-refractivity contribution in [3.8, 4) is 0 Å². The summed E-state index contributed by atoms with van der Waals surface area (Å²) in [6.07, 6.45) is -1.14. The van der Waals surface area contributed by atoms with Crippen LogP contribution in [-0.4, -0.2) is 24.4 Å². The highest BCUT2D eigenvalue weighted by Crippen LogP contribution is 1.76. The van der Waals surface area contributed by atoms with Gasteiger partial charge in [0.15, 0.2) is 0 Å². The summed E-state index contributed by atoms with van der Waals surface area (Å²) in [5, 5.41) is 8.45. The number of carbonyl (C=O) groups excluding carboxylic acids is 1. The van der Waals surface area contributed by atoms with Gasteiger partial charge < -0.3 is 9.84 Å². The molecule has 1 atom stereocenters. The molecule has 0 aliphatic heterocycles. The number of rotatable bonds is 4. The minimum absolute atomic E-state index is 0.0404. The van der Waals surface area contributed by atoms with Crippen molar-refractivity contribution < 1.29 is 14.6 Å². The summed E-state index contributed by atoms with van der Waals surface area (Å²) in [7, 11) is 0. The molecule has 0 spiro atoms. The van der Waals surface area contributed by atoms with Crippen LogP contribution in [0.4, 0.5) is 0 Å². The Hall–Kier alpha value is -0.650. The molecular weight excluding hydrogens is 112 g/mol. The van der Waals surface area contributed by atoms with E-state index in [-0.39, 0.29) is 13.0 Å². The summed E-state index contributed by atoms with van der Waals surface area (Å²) < 4.78 is 4.01. The first-order chi connectivity index (χ1) is 3.81. The Bertz CT molecular complexity index is 67.5. The fourth-order valence-electron chi connectivity index (χ4n) is 0.213. The molecule has 0 bridgehead atoms. The average Bonchev–Trinajstić information content (AvgIpc) is 1.68. The predicted octanol–water partition coefficient (Wildman–Crippen LogP) is -2.06. The second-order valence-corrected chi connectivity index (χ2v) is 1.10. The number of aliphatic hydroxyl groups is 1. The Kier molecular flexibility index (Phi) is 4.14. The second kappa shape index (κ2) is 4.51. The number of carbonyl (C=O) groups is 1. The maximum atomic E-state index is 9.44. The fraction of sp³-hybridized carbons (Fsp3) is 0.667. The van der Waals surface area contributed by atoms with Crippen LogP contribution < -0.4 is 11.3 Å². The Morgan fingerprint density at radius 1 is 2.00 bits per heavy atom. The van der Waals surface area contributed by atoms with Crippen molar-refractivity contribution in [1.29, 1.82) is 0 Å². The standard InChI is InChI=1S/C3H8N2O3/c4-5-1-3(7)8-2-6/h2-3,5,7H,1,4H2/t3-/m1/s1. The van der Waals surface area contributed by atoms with Gasteiger partial charge in [-0.15, -0.1) is 0 Å². The van der Waals surface area contributed by atoms with E-state index in [9.17, 15) is 4.79 Å². The van der Waals surface area contributed by atoms with E-state index < -0.39 is 6.29 Å². The van der Waals surface area contributed by atoms with E-state index in [4.69, 9.17) is 10.9 Å². The second-order valence-electron chi connectivity index (χ2n) is 1.10. The molecule has 0 aliphatic rings. The molecule has 0 aliphatic carbocycles. The molecule has 0 rings (SSSR count). The molecule has 48 valence electrons. The van der Waals surface area contributed by atoms with Crippen molar-refractivity contribution in [3.63, 3.8) is 0 Å². The average molecular weight is 120 g/mol. The Morgan fingerprint density at radius 2 is 2.62 bits per heavy atom. The first kappa shape index (κ1) is 7.35. The lowest BCUT2D eigenvalue weighted by molar-refractivity contribution is -0.150. The van der Waals surface area contributed by atoms with Crippen LogP contribution in [0.1, 0.15) is 0 Å². The third kappa shape index (κ3) is 3.54. The van der Waals surface area contributed by atoms with Crippen molar-refractivity contribution in [3.05, 3.63) is 0 Å². The zero-order valence-corrected chi connectivity index (χ0v) is 4.20. The minimum Gasteiger partial charge on any atom is -0.437 e. The normalized spacial score (nSPS) is 12.8. The lowest BCUT2D eigenvalue weighted by Crippen LogP contribution is -2.33. The van der Waals surface area contributed by atoms with Gasteiger partial charge in [-0.1, -0.05) is 0 Å². The maximum absolute atomic E-state index is 9.44. The van der Waals surface area contributed by atoms with Gasteiger partial charge >= 0.3 is 0 Å². The number of hydrogen-bond acceptors (Lipinski definition) is 5. The monoisotopic (exact) mass is 120 g/mol. The van der Waals surface area contributed by atoms with E-state index in [0.29, 0.717) is 0 Å². The van der Waals surface area contributed by atoms with E-state index >= 15 is 0 Å². The van der Waals surface area contributed by atoms with Crippen LogP contribution in [0.15, 0.2) is 0 Å². The molecule has 4 N–H and O–H groups in total. The van der Waals surface area contributed by atoms with Crippen LogP contribution in [0, 0.1) is 0 Å². The molecule has 0 heterocycles. The molecule has 0 unspecified atom stereocenters. The molecule has 8 heavy (non-hydrogen) atoms. The Balaban J connectivity index is 3.03. The van der Waals surface area contributed by atoms with Crippen LogP contribution in [-0.2, 0) is 9.53 Å². The molecule has 5 nitrogen and oxygen atoms in total. The lowest BCUT2D eigenvalue weighted by atomic mass is 10.6. The fourth-order valence-corrected chi connectivity index (χ4v) is 0.213. The molecule has 5 heteroatoms. The topological polar surface area (TPSA) is 84.6 Å². The molecule has 0 radical (unpaired) electrons. The summed E-state index contributed by atoms with van der Waals surface area (Å²) in [4.78, 5) is 9.44.